The molecule has 0 saturated carbocycles. The minimum Gasteiger partial charge on any atom is -0.408 e. The van der Waals surface area contributed by atoms with Crippen molar-refractivity contribution >= 4 is 31.8 Å². The minimum atomic E-state index is -0.457. The normalized spacial score (nSPS) is 10.6. The van der Waals surface area contributed by atoms with Gasteiger partial charge in [0.25, 0.3) is 4.82 Å². The number of fused-ring (bicyclic) bond motifs is 1. The number of rotatable bonds is 3. The summed E-state index contributed by atoms with van der Waals surface area (Å²) in [6.07, 6.45) is 0.695. The van der Waals surface area contributed by atoms with E-state index in [2.05, 4.69) is 26.2 Å². The van der Waals surface area contributed by atoms with E-state index >= 15 is 0 Å². The predicted molar refractivity (Wildman–Crippen MR) is 62.9 cm³/mol. The van der Waals surface area contributed by atoms with E-state index in [1.807, 2.05) is 12.1 Å². The molecule has 2 N–H and O–H groups in total. The highest BCUT2D eigenvalue weighted by molar-refractivity contribution is 9.18. The Morgan fingerprint density at radius 2 is 2.31 bits per heavy atom. The number of hydrogen-bond acceptors (Lipinski definition) is 3. The maximum atomic E-state index is 10.9. The molecule has 16 heavy (non-hydrogen) atoms. The molecule has 0 atom stereocenters. The number of carbonyl (C=O) groups excluding carboxylic acids is 1. The van der Waals surface area contributed by atoms with E-state index in [0.29, 0.717) is 24.1 Å². The molecule has 5 nitrogen and oxygen atoms in total. The topological polar surface area (TPSA) is 75.1 Å². The van der Waals surface area contributed by atoms with Crippen molar-refractivity contribution < 1.29 is 9.21 Å². The van der Waals surface area contributed by atoms with Gasteiger partial charge < -0.3 is 9.73 Å². The highest BCUT2D eigenvalue weighted by Crippen LogP contribution is 2.12. The van der Waals surface area contributed by atoms with Gasteiger partial charge in [0.2, 0.25) is 0 Å². The number of aromatic nitrogens is 1. The molecule has 0 spiro atoms. The van der Waals surface area contributed by atoms with Crippen LogP contribution in [-0.4, -0.2) is 16.3 Å². The van der Waals surface area contributed by atoms with Crippen LogP contribution in [0.5, 0.6) is 0 Å². The summed E-state index contributed by atoms with van der Waals surface area (Å²) in [5, 5.41) is 2.63. The van der Waals surface area contributed by atoms with Gasteiger partial charge in [0.15, 0.2) is 5.58 Å². The summed E-state index contributed by atoms with van der Waals surface area (Å²) < 4.78 is 4.88. The number of hydrogen-bond donors (Lipinski definition) is 2. The van der Waals surface area contributed by atoms with E-state index in [0.717, 1.165) is 5.56 Å². The Morgan fingerprint density at radius 3 is 3.06 bits per heavy atom. The lowest BCUT2D eigenvalue weighted by atomic mass is 10.1. The van der Waals surface area contributed by atoms with Crippen LogP contribution in [0.3, 0.4) is 0 Å². The standard InChI is InChI=1S/C10H9BrN2O3/c11-9(14)12-4-3-6-1-2-8-7(5-6)13-10(15)16-8/h1-2,5H,3-4H2,(H,12,14)(H,13,15). The summed E-state index contributed by atoms with van der Waals surface area (Å²) >= 11 is 2.78. The average Bonchev–Trinajstić information content (AvgIpc) is 2.56. The van der Waals surface area contributed by atoms with E-state index in [9.17, 15) is 9.59 Å². The van der Waals surface area contributed by atoms with Crippen LogP contribution in [0.4, 0.5) is 4.79 Å². The quantitative estimate of drug-likeness (QED) is 0.666. The first-order valence-electron chi connectivity index (χ1n) is 4.70. The van der Waals surface area contributed by atoms with Crippen LogP contribution >= 0.6 is 15.9 Å². The van der Waals surface area contributed by atoms with Crippen molar-refractivity contribution in [1.29, 1.82) is 0 Å². The number of oxazole rings is 1. The number of halogens is 1. The predicted octanol–water partition coefficient (Wildman–Crippen LogP) is 1.77. The van der Waals surface area contributed by atoms with E-state index in [1.54, 1.807) is 6.07 Å². The Morgan fingerprint density at radius 1 is 1.50 bits per heavy atom. The van der Waals surface area contributed by atoms with Gasteiger partial charge in [0.05, 0.1) is 5.52 Å². The molecule has 0 radical (unpaired) electrons. The second-order valence-corrected chi connectivity index (χ2v) is 4.02. The highest BCUT2D eigenvalue weighted by Gasteiger charge is 2.02. The Bertz CT molecular complexity index is 573. The van der Waals surface area contributed by atoms with E-state index < -0.39 is 5.76 Å². The summed E-state index contributed by atoms with van der Waals surface area (Å²) in [4.78, 5) is 23.9. The molecule has 1 aromatic carbocycles. The zero-order valence-corrected chi connectivity index (χ0v) is 9.83. The van der Waals surface area contributed by atoms with Crippen molar-refractivity contribution in [2.75, 3.05) is 6.54 Å². The fourth-order valence-corrected chi connectivity index (χ4v) is 1.66. The van der Waals surface area contributed by atoms with Crippen LogP contribution < -0.4 is 11.1 Å². The van der Waals surface area contributed by atoms with Gasteiger partial charge in [-0.25, -0.2) is 4.79 Å². The fraction of sp³-hybridized carbons (Fsp3) is 0.200. The largest absolute Gasteiger partial charge is 0.417 e. The lowest BCUT2D eigenvalue weighted by Gasteiger charge is -2.01. The molecule has 0 saturated heterocycles. The summed E-state index contributed by atoms with van der Waals surface area (Å²) in [5.74, 6) is -0.457. The maximum Gasteiger partial charge on any atom is 0.417 e. The van der Waals surface area contributed by atoms with Crippen LogP contribution in [-0.2, 0) is 6.42 Å². The van der Waals surface area contributed by atoms with Gasteiger partial charge in [-0.2, -0.15) is 0 Å². The third-order valence-electron chi connectivity index (χ3n) is 2.16. The SMILES string of the molecule is O=C(Br)NCCc1ccc2oc(=O)[nH]c2c1. The van der Waals surface area contributed by atoms with Gasteiger partial charge in [-0.1, -0.05) is 6.07 Å². The lowest BCUT2D eigenvalue weighted by molar-refractivity contribution is 0.262. The molecule has 6 heteroatoms. The second-order valence-electron chi connectivity index (χ2n) is 3.30. The molecule has 2 aromatic rings. The molecule has 0 unspecified atom stereocenters. The Labute approximate surface area is 99.0 Å². The summed E-state index contributed by atoms with van der Waals surface area (Å²) in [7, 11) is 0. The minimum absolute atomic E-state index is 0.231. The second kappa shape index (κ2) is 4.52. The molecule has 2 rings (SSSR count). The monoisotopic (exact) mass is 284 g/mol. The maximum absolute atomic E-state index is 10.9. The van der Waals surface area contributed by atoms with Crippen molar-refractivity contribution in [1.82, 2.24) is 10.3 Å². The van der Waals surface area contributed by atoms with Crippen LogP contribution in [0, 0.1) is 0 Å². The molecule has 0 fully saturated rings. The van der Waals surface area contributed by atoms with Gasteiger partial charge in [0, 0.05) is 22.5 Å². The van der Waals surface area contributed by atoms with Gasteiger partial charge in [-0.15, -0.1) is 0 Å². The molecular formula is C10H9BrN2O3. The number of carbonyl (C=O) groups is 1. The molecule has 0 aliphatic carbocycles. The van der Waals surface area contributed by atoms with E-state index in [1.165, 1.54) is 0 Å². The van der Waals surface area contributed by atoms with Gasteiger partial charge in [-0.05, 0) is 24.1 Å². The van der Waals surface area contributed by atoms with Crippen LogP contribution in [0.1, 0.15) is 5.56 Å². The molecule has 84 valence electrons. The molecule has 1 aromatic heterocycles. The smallest absolute Gasteiger partial charge is 0.408 e. The first-order valence-corrected chi connectivity index (χ1v) is 5.49. The average molecular weight is 285 g/mol. The van der Waals surface area contributed by atoms with Crippen molar-refractivity contribution in [3.63, 3.8) is 0 Å². The molecule has 0 bridgehead atoms. The van der Waals surface area contributed by atoms with Gasteiger partial charge >= 0.3 is 5.76 Å². The van der Waals surface area contributed by atoms with E-state index in [-0.39, 0.29) is 4.82 Å². The molecule has 1 heterocycles. The van der Waals surface area contributed by atoms with Crippen LogP contribution in [0.2, 0.25) is 0 Å². The Kier molecular flexibility index (Phi) is 3.09. The summed E-state index contributed by atoms with van der Waals surface area (Å²) in [5.41, 5.74) is 2.23. The first-order chi connectivity index (χ1) is 7.65. The molecule has 1 amide bonds. The molecular weight excluding hydrogens is 276 g/mol. The summed E-state index contributed by atoms with van der Waals surface area (Å²) in [6.45, 7) is 0.539. The van der Waals surface area contributed by atoms with Crippen molar-refractivity contribution in [2.45, 2.75) is 6.42 Å². The van der Waals surface area contributed by atoms with Gasteiger partial charge in [0.1, 0.15) is 0 Å². The van der Waals surface area contributed by atoms with E-state index in [4.69, 9.17) is 4.42 Å². The highest BCUT2D eigenvalue weighted by atomic mass is 79.9. The number of H-pyrrole nitrogens is 1. The number of benzene rings is 1. The first kappa shape index (κ1) is 10.9. The number of amides is 1. The third-order valence-corrected chi connectivity index (χ3v) is 2.44. The molecule has 0 aliphatic rings. The van der Waals surface area contributed by atoms with Crippen molar-refractivity contribution in [2.24, 2.45) is 0 Å². The summed E-state index contributed by atoms with van der Waals surface area (Å²) in [6, 6.07) is 5.43. The lowest BCUT2D eigenvalue weighted by Crippen LogP contribution is -2.18. The molecule has 0 aliphatic heterocycles. The van der Waals surface area contributed by atoms with Crippen LogP contribution in [0.15, 0.2) is 27.4 Å². The third kappa shape index (κ3) is 2.52. The van der Waals surface area contributed by atoms with Crippen molar-refractivity contribution in [3.05, 3.63) is 34.3 Å². The Hall–Kier alpha value is -1.56. The zero-order valence-electron chi connectivity index (χ0n) is 8.25. The van der Waals surface area contributed by atoms with Crippen LogP contribution in [0.25, 0.3) is 11.1 Å². The van der Waals surface area contributed by atoms with Crippen molar-refractivity contribution in [3.8, 4) is 0 Å². The Balaban J connectivity index is 2.13. The fourth-order valence-electron chi connectivity index (χ4n) is 1.46. The number of nitrogens with one attached hydrogen (secondary N) is 2. The van der Waals surface area contributed by atoms with Gasteiger partial charge in [-0.3, -0.25) is 9.78 Å². The number of aromatic amines is 1. The zero-order chi connectivity index (χ0) is 11.5.